The molecule has 5 rings (SSSR count). The van der Waals surface area contributed by atoms with Crippen molar-refractivity contribution < 1.29 is 9.59 Å². The molecule has 2 aliphatic rings. The molecule has 9 heteroatoms. The smallest absolute Gasteiger partial charge is 0.228 e. The van der Waals surface area contributed by atoms with Gasteiger partial charge in [-0.05, 0) is 61.4 Å². The van der Waals surface area contributed by atoms with E-state index >= 15 is 0 Å². The Bertz CT molecular complexity index is 1210. The Morgan fingerprint density at radius 2 is 1.77 bits per heavy atom. The number of benzene rings is 1. The summed E-state index contributed by atoms with van der Waals surface area (Å²) in [5, 5.41) is 11.7. The van der Waals surface area contributed by atoms with Crippen molar-refractivity contribution in [3.8, 4) is 0 Å². The largest absolute Gasteiger partial charge is 0.352 e. The molecule has 4 heterocycles. The average Bonchev–Trinajstić information content (AvgIpc) is 3.28. The van der Waals surface area contributed by atoms with E-state index in [1.807, 2.05) is 60.4 Å². The van der Waals surface area contributed by atoms with Crippen LogP contribution in [-0.4, -0.2) is 64.6 Å². The lowest BCUT2D eigenvalue weighted by atomic mass is 10.1. The molecule has 2 amide bonds. The maximum atomic E-state index is 13.2. The number of nitrogens with one attached hydrogen (secondary N) is 1. The van der Waals surface area contributed by atoms with Crippen LogP contribution in [0.5, 0.6) is 0 Å². The van der Waals surface area contributed by atoms with Crippen LogP contribution in [0.15, 0.2) is 54.7 Å². The molecule has 2 saturated heterocycles. The third-order valence-electron chi connectivity index (χ3n) is 6.76. The second-order valence-electron chi connectivity index (χ2n) is 9.10. The molecule has 9 nitrogen and oxygen atoms in total. The highest BCUT2D eigenvalue weighted by Crippen LogP contribution is 2.28. The fraction of sp³-hybridized carbons (Fsp3) is 0.346. The summed E-state index contributed by atoms with van der Waals surface area (Å²) in [6.07, 6.45) is 1.98. The topological polar surface area (TPSA) is 94.6 Å². The molecule has 2 aromatic heterocycles. The molecular weight excluding hydrogens is 442 g/mol. The van der Waals surface area contributed by atoms with E-state index in [2.05, 4.69) is 32.3 Å². The Labute approximate surface area is 204 Å². The quantitative estimate of drug-likeness (QED) is 0.611. The highest BCUT2D eigenvalue weighted by atomic mass is 16.2. The summed E-state index contributed by atoms with van der Waals surface area (Å²) >= 11 is 0. The molecule has 3 aromatic rings. The van der Waals surface area contributed by atoms with Gasteiger partial charge in [0.15, 0.2) is 11.6 Å². The van der Waals surface area contributed by atoms with Crippen molar-refractivity contribution in [2.75, 3.05) is 47.8 Å². The van der Waals surface area contributed by atoms with Gasteiger partial charge >= 0.3 is 0 Å². The summed E-state index contributed by atoms with van der Waals surface area (Å²) in [4.78, 5) is 35.8. The standard InChI is InChI=1S/C26H29N7O2/c1-18-6-7-21(15-19(18)2)33-17-20(16-25(33)34)26(35)32-13-11-31(12-14-32)24-9-8-23(29-30-24)28-22-5-3-4-10-27-22/h3-10,15,20H,11-14,16-17H2,1-2H3,(H,27,28,29). The number of hydrogen-bond acceptors (Lipinski definition) is 7. The Kier molecular flexibility index (Phi) is 6.31. The number of anilines is 4. The first-order valence-electron chi connectivity index (χ1n) is 11.9. The zero-order chi connectivity index (χ0) is 24.4. The molecule has 1 unspecified atom stereocenters. The fourth-order valence-electron chi connectivity index (χ4n) is 4.56. The zero-order valence-corrected chi connectivity index (χ0v) is 20.0. The molecule has 2 aliphatic heterocycles. The van der Waals surface area contributed by atoms with E-state index in [0.29, 0.717) is 44.4 Å². The van der Waals surface area contributed by atoms with Crippen molar-refractivity contribution >= 4 is 35.0 Å². The summed E-state index contributed by atoms with van der Waals surface area (Å²) in [7, 11) is 0. The number of nitrogens with zero attached hydrogens (tertiary/aromatic N) is 6. The van der Waals surface area contributed by atoms with Gasteiger partial charge in [0, 0.05) is 51.0 Å². The van der Waals surface area contributed by atoms with Crippen LogP contribution in [-0.2, 0) is 9.59 Å². The first-order chi connectivity index (χ1) is 17.0. The van der Waals surface area contributed by atoms with Crippen LogP contribution in [0.1, 0.15) is 17.5 Å². The normalized spacial score (nSPS) is 18.2. The van der Waals surface area contributed by atoms with E-state index in [9.17, 15) is 9.59 Å². The van der Waals surface area contributed by atoms with Gasteiger partial charge in [0.05, 0.1) is 5.92 Å². The van der Waals surface area contributed by atoms with Gasteiger partial charge in [-0.1, -0.05) is 12.1 Å². The predicted molar refractivity (Wildman–Crippen MR) is 135 cm³/mol. The van der Waals surface area contributed by atoms with Crippen LogP contribution in [0.25, 0.3) is 0 Å². The summed E-state index contributed by atoms with van der Waals surface area (Å²) in [5.41, 5.74) is 3.21. The number of piperazine rings is 1. The molecule has 1 atom stereocenters. The minimum Gasteiger partial charge on any atom is -0.352 e. The van der Waals surface area contributed by atoms with Gasteiger partial charge in [-0.25, -0.2) is 4.98 Å². The number of aromatic nitrogens is 3. The molecule has 0 bridgehead atoms. The molecule has 0 radical (unpaired) electrons. The molecule has 0 spiro atoms. The summed E-state index contributed by atoms with van der Waals surface area (Å²) in [6.45, 7) is 7.08. The average molecular weight is 472 g/mol. The number of pyridine rings is 1. The van der Waals surface area contributed by atoms with Crippen molar-refractivity contribution in [1.82, 2.24) is 20.1 Å². The van der Waals surface area contributed by atoms with Crippen molar-refractivity contribution in [2.24, 2.45) is 5.92 Å². The number of carbonyl (C=O) groups excluding carboxylic acids is 2. The summed E-state index contributed by atoms with van der Waals surface area (Å²) in [5.74, 6) is 1.89. The first-order valence-corrected chi connectivity index (χ1v) is 11.9. The third-order valence-corrected chi connectivity index (χ3v) is 6.76. The summed E-state index contributed by atoms with van der Waals surface area (Å²) in [6, 6.07) is 15.4. The second kappa shape index (κ2) is 9.69. The fourth-order valence-corrected chi connectivity index (χ4v) is 4.56. The van der Waals surface area contributed by atoms with Gasteiger partial charge in [-0.2, -0.15) is 0 Å². The minimum absolute atomic E-state index is 0.0138. The van der Waals surface area contributed by atoms with Gasteiger partial charge in [0.1, 0.15) is 5.82 Å². The Morgan fingerprint density at radius 1 is 0.943 bits per heavy atom. The van der Waals surface area contributed by atoms with Crippen molar-refractivity contribution in [1.29, 1.82) is 0 Å². The van der Waals surface area contributed by atoms with Crippen LogP contribution >= 0.6 is 0 Å². The van der Waals surface area contributed by atoms with E-state index in [0.717, 1.165) is 17.1 Å². The molecular formula is C26H29N7O2. The van der Waals surface area contributed by atoms with E-state index in [1.54, 1.807) is 11.1 Å². The lowest BCUT2D eigenvalue weighted by molar-refractivity contribution is -0.136. The maximum absolute atomic E-state index is 13.2. The van der Waals surface area contributed by atoms with E-state index in [4.69, 9.17) is 0 Å². The number of carbonyl (C=O) groups is 2. The number of hydrogen-bond donors (Lipinski definition) is 1. The van der Waals surface area contributed by atoms with Crippen LogP contribution < -0.4 is 15.1 Å². The van der Waals surface area contributed by atoms with Crippen molar-refractivity contribution in [3.05, 3.63) is 65.9 Å². The van der Waals surface area contributed by atoms with Gasteiger partial charge in [-0.15, -0.1) is 10.2 Å². The van der Waals surface area contributed by atoms with Gasteiger partial charge < -0.3 is 20.0 Å². The van der Waals surface area contributed by atoms with E-state index in [1.165, 1.54) is 5.56 Å². The number of rotatable bonds is 5. The van der Waals surface area contributed by atoms with Crippen LogP contribution in [0.4, 0.5) is 23.1 Å². The SMILES string of the molecule is Cc1ccc(N2CC(C(=O)N3CCN(c4ccc(Nc5ccccn5)nn4)CC3)CC2=O)cc1C. The lowest BCUT2D eigenvalue weighted by Crippen LogP contribution is -2.51. The van der Waals surface area contributed by atoms with Crippen molar-refractivity contribution in [2.45, 2.75) is 20.3 Å². The van der Waals surface area contributed by atoms with Gasteiger partial charge in [0.25, 0.3) is 0 Å². The number of amides is 2. The first kappa shape index (κ1) is 22.8. The molecule has 2 fully saturated rings. The van der Waals surface area contributed by atoms with E-state index in [-0.39, 0.29) is 24.2 Å². The third kappa shape index (κ3) is 4.94. The lowest BCUT2D eigenvalue weighted by Gasteiger charge is -2.36. The Morgan fingerprint density at radius 3 is 2.46 bits per heavy atom. The minimum atomic E-state index is -0.299. The molecule has 0 saturated carbocycles. The highest BCUT2D eigenvalue weighted by Gasteiger charge is 2.38. The Hall–Kier alpha value is -4.01. The monoisotopic (exact) mass is 471 g/mol. The highest BCUT2D eigenvalue weighted by molar-refractivity contribution is 6.00. The summed E-state index contributed by atoms with van der Waals surface area (Å²) < 4.78 is 0. The molecule has 1 N–H and O–H groups in total. The number of aryl methyl sites for hydroxylation is 2. The van der Waals surface area contributed by atoms with Crippen LogP contribution in [0, 0.1) is 19.8 Å². The molecule has 0 aliphatic carbocycles. The molecule has 1 aromatic carbocycles. The van der Waals surface area contributed by atoms with Crippen LogP contribution in [0.3, 0.4) is 0 Å². The predicted octanol–water partition coefficient (Wildman–Crippen LogP) is 2.93. The second-order valence-corrected chi connectivity index (χ2v) is 9.10. The molecule has 35 heavy (non-hydrogen) atoms. The van der Waals surface area contributed by atoms with Crippen LogP contribution in [0.2, 0.25) is 0 Å². The van der Waals surface area contributed by atoms with Gasteiger partial charge in [0.2, 0.25) is 11.8 Å². The zero-order valence-electron chi connectivity index (χ0n) is 20.0. The van der Waals surface area contributed by atoms with Crippen molar-refractivity contribution in [3.63, 3.8) is 0 Å². The van der Waals surface area contributed by atoms with E-state index < -0.39 is 0 Å². The maximum Gasteiger partial charge on any atom is 0.228 e. The molecule has 180 valence electrons. The van der Waals surface area contributed by atoms with Gasteiger partial charge in [-0.3, -0.25) is 9.59 Å². The Balaban J connectivity index is 1.15.